The van der Waals surface area contributed by atoms with Gasteiger partial charge < -0.3 is 10.2 Å². The van der Waals surface area contributed by atoms with Crippen LogP contribution >= 0.6 is 11.3 Å². The maximum Gasteiger partial charge on any atom is 0.238 e. The maximum atomic E-state index is 12.6. The molecule has 0 radical (unpaired) electrons. The molecule has 1 aromatic heterocycles. The van der Waals surface area contributed by atoms with Gasteiger partial charge in [0, 0.05) is 46.7 Å². The Morgan fingerprint density at radius 3 is 2.74 bits per heavy atom. The lowest BCUT2D eigenvalue weighted by Gasteiger charge is -2.25. The molecule has 1 aliphatic heterocycles. The summed E-state index contributed by atoms with van der Waals surface area (Å²) < 4.78 is 0. The molecule has 1 saturated heterocycles. The van der Waals surface area contributed by atoms with Crippen LogP contribution in [0.15, 0.2) is 36.4 Å². The number of carbonyl (C=O) groups is 2. The fraction of sp³-hybridized carbons (Fsp3) is 0.429. The summed E-state index contributed by atoms with van der Waals surface area (Å²) in [5.74, 6) is 0.109. The molecule has 144 valence electrons. The topological polar surface area (TPSA) is 52.7 Å². The van der Waals surface area contributed by atoms with Gasteiger partial charge in [-0.05, 0) is 57.5 Å². The Balaban J connectivity index is 1.62. The average molecular weight is 386 g/mol. The molecule has 3 rings (SSSR count). The van der Waals surface area contributed by atoms with Crippen LogP contribution in [0, 0.1) is 6.92 Å². The number of thiophene rings is 1. The number of hydrogen-bond acceptors (Lipinski definition) is 4. The van der Waals surface area contributed by atoms with Gasteiger partial charge in [-0.25, -0.2) is 0 Å². The highest BCUT2D eigenvalue weighted by atomic mass is 32.1. The minimum atomic E-state index is -0.0399. The number of aryl methyl sites for hydroxylation is 1. The van der Waals surface area contributed by atoms with Crippen LogP contribution < -0.4 is 10.2 Å². The lowest BCUT2D eigenvalue weighted by atomic mass is 10.2. The first-order valence-corrected chi connectivity index (χ1v) is 10.2. The number of nitrogens with one attached hydrogen (secondary N) is 1. The fourth-order valence-electron chi connectivity index (χ4n) is 3.25. The van der Waals surface area contributed by atoms with Crippen LogP contribution in [0.1, 0.15) is 36.4 Å². The van der Waals surface area contributed by atoms with E-state index in [1.54, 1.807) is 16.2 Å². The average Bonchev–Trinajstić information content (AvgIpc) is 3.22. The van der Waals surface area contributed by atoms with Crippen molar-refractivity contribution in [1.29, 1.82) is 0 Å². The van der Waals surface area contributed by atoms with Crippen molar-refractivity contribution in [3.05, 3.63) is 46.2 Å². The molecule has 2 heterocycles. The molecule has 6 heteroatoms. The zero-order valence-electron chi connectivity index (χ0n) is 16.2. The van der Waals surface area contributed by atoms with Crippen LogP contribution in [0.25, 0.3) is 0 Å². The monoisotopic (exact) mass is 385 g/mol. The predicted molar refractivity (Wildman–Crippen MR) is 111 cm³/mol. The van der Waals surface area contributed by atoms with Crippen LogP contribution in [0.3, 0.4) is 0 Å². The molecule has 0 atom stereocenters. The smallest absolute Gasteiger partial charge is 0.238 e. The predicted octanol–water partition coefficient (Wildman–Crippen LogP) is 4.03. The van der Waals surface area contributed by atoms with E-state index in [9.17, 15) is 9.59 Å². The molecule has 0 unspecified atom stereocenters. The molecule has 1 aliphatic rings. The third-order valence-corrected chi connectivity index (χ3v) is 5.73. The van der Waals surface area contributed by atoms with E-state index in [4.69, 9.17) is 0 Å². The van der Waals surface area contributed by atoms with Crippen molar-refractivity contribution in [3.63, 3.8) is 0 Å². The number of hydrogen-bond donors (Lipinski definition) is 1. The van der Waals surface area contributed by atoms with Crippen molar-refractivity contribution in [2.45, 2.75) is 46.2 Å². The number of amides is 2. The number of benzene rings is 1. The van der Waals surface area contributed by atoms with Crippen molar-refractivity contribution in [2.24, 2.45) is 0 Å². The molecule has 2 amide bonds. The van der Waals surface area contributed by atoms with Crippen molar-refractivity contribution in [3.8, 4) is 0 Å². The minimum Gasteiger partial charge on any atom is -0.325 e. The summed E-state index contributed by atoms with van der Waals surface area (Å²) in [6.07, 6.45) is 1.49. The van der Waals surface area contributed by atoms with Gasteiger partial charge in [0.25, 0.3) is 0 Å². The van der Waals surface area contributed by atoms with Gasteiger partial charge in [0.1, 0.15) is 0 Å². The quantitative estimate of drug-likeness (QED) is 0.783. The third-order valence-electron chi connectivity index (χ3n) is 4.75. The van der Waals surface area contributed by atoms with E-state index in [0.717, 1.165) is 30.9 Å². The van der Waals surface area contributed by atoms with E-state index < -0.39 is 0 Å². The second-order valence-corrected chi connectivity index (χ2v) is 8.63. The van der Waals surface area contributed by atoms with Crippen molar-refractivity contribution >= 4 is 34.5 Å². The van der Waals surface area contributed by atoms with Crippen molar-refractivity contribution in [2.75, 3.05) is 23.3 Å². The second-order valence-electron chi connectivity index (χ2n) is 7.26. The van der Waals surface area contributed by atoms with Crippen LogP contribution in [-0.4, -0.2) is 35.8 Å². The summed E-state index contributed by atoms with van der Waals surface area (Å²) in [5.41, 5.74) is 1.58. The lowest BCUT2D eigenvalue weighted by Crippen LogP contribution is -2.37. The largest absolute Gasteiger partial charge is 0.325 e. The van der Waals surface area contributed by atoms with Crippen molar-refractivity contribution in [1.82, 2.24) is 4.90 Å². The lowest BCUT2D eigenvalue weighted by molar-refractivity contribution is -0.118. The molecule has 27 heavy (non-hydrogen) atoms. The summed E-state index contributed by atoms with van der Waals surface area (Å²) >= 11 is 1.77. The molecule has 2 aromatic rings. The van der Waals surface area contributed by atoms with Crippen molar-refractivity contribution < 1.29 is 9.59 Å². The molecule has 0 aliphatic carbocycles. The Bertz CT molecular complexity index is 815. The number of rotatable bonds is 7. The van der Waals surface area contributed by atoms with Gasteiger partial charge in [-0.15, -0.1) is 11.3 Å². The standard InChI is InChI=1S/C21H27N3O2S/c1-15(2)23(13-19-10-9-16(3)27-19)14-20(25)22-17-6-4-7-18(12-17)24-11-5-8-21(24)26/h4,6-7,9-10,12,15H,5,8,11,13-14H2,1-3H3,(H,22,25). The van der Waals surface area contributed by atoms with E-state index in [-0.39, 0.29) is 17.9 Å². The third kappa shape index (κ3) is 5.17. The van der Waals surface area contributed by atoms with E-state index in [1.807, 2.05) is 24.3 Å². The van der Waals surface area contributed by atoms with Gasteiger partial charge >= 0.3 is 0 Å². The first-order valence-electron chi connectivity index (χ1n) is 9.42. The Labute approximate surface area is 165 Å². The van der Waals surface area contributed by atoms with Gasteiger partial charge in [-0.3, -0.25) is 14.5 Å². The molecule has 1 aromatic carbocycles. The second kappa shape index (κ2) is 8.67. The Morgan fingerprint density at radius 1 is 1.30 bits per heavy atom. The zero-order valence-corrected chi connectivity index (χ0v) is 17.0. The molecule has 0 saturated carbocycles. The van der Waals surface area contributed by atoms with E-state index in [0.29, 0.717) is 13.0 Å². The normalized spacial score (nSPS) is 14.4. The van der Waals surface area contributed by atoms with Crippen LogP contribution in [0.2, 0.25) is 0 Å². The molecular weight excluding hydrogens is 358 g/mol. The first kappa shape index (κ1) is 19.6. The molecule has 1 fully saturated rings. The Hall–Kier alpha value is -2.18. The molecule has 5 nitrogen and oxygen atoms in total. The van der Waals surface area contributed by atoms with Crippen LogP contribution in [-0.2, 0) is 16.1 Å². The highest BCUT2D eigenvalue weighted by Gasteiger charge is 2.22. The first-order chi connectivity index (χ1) is 12.9. The summed E-state index contributed by atoms with van der Waals surface area (Å²) in [6, 6.07) is 12.1. The summed E-state index contributed by atoms with van der Waals surface area (Å²) in [6.45, 7) is 8.16. The summed E-state index contributed by atoms with van der Waals surface area (Å²) in [7, 11) is 0. The van der Waals surface area contributed by atoms with Gasteiger partial charge in [-0.1, -0.05) is 6.07 Å². The molecule has 0 bridgehead atoms. The molecule has 1 N–H and O–H groups in total. The van der Waals surface area contributed by atoms with Crippen LogP contribution in [0.5, 0.6) is 0 Å². The summed E-state index contributed by atoms with van der Waals surface area (Å²) in [4.78, 5) is 31.0. The van der Waals surface area contributed by atoms with E-state index in [2.05, 4.69) is 43.1 Å². The molecular formula is C21H27N3O2S. The van der Waals surface area contributed by atoms with Gasteiger partial charge in [0.05, 0.1) is 6.54 Å². The van der Waals surface area contributed by atoms with Gasteiger partial charge in [0.2, 0.25) is 11.8 Å². The summed E-state index contributed by atoms with van der Waals surface area (Å²) in [5, 5.41) is 2.98. The maximum absolute atomic E-state index is 12.6. The number of carbonyl (C=O) groups excluding carboxylic acids is 2. The Morgan fingerprint density at radius 2 is 2.11 bits per heavy atom. The fourth-order valence-corrected chi connectivity index (χ4v) is 4.17. The van der Waals surface area contributed by atoms with Gasteiger partial charge in [0.15, 0.2) is 0 Å². The van der Waals surface area contributed by atoms with Crippen LogP contribution in [0.4, 0.5) is 11.4 Å². The highest BCUT2D eigenvalue weighted by molar-refractivity contribution is 7.11. The van der Waals surface area contributed by atoms with Gasteiger partial charge in [-0.2, -0.15) is 0 Å². The zero-order chi connectivity index (χ0) is 19.4. The Kier molecular flexibility index (Phi) is 6.29. The number of anilines is 2. The van der Waals surface area contributed by atoms with E-state index in [1.165, 1.54) is 9.75 Å². The van der Waals surface area contributed by atoms with E-state index >= 15 is 0 Å². The minimum absolute atomic E-state index is 0.0399. The SMILES string of the molecule is Cc1ccc(CN(CC(=O)Nc2cccc(N3CCCC3=O)c2)C(C)C)s1. The number of nitrogens with zero attached hydrogens (tertiary/aromatic N) is 2. The molecule has 0 spiro atoms. The highest BCUT2D eigenvalue weighted by Crippen LogP contribution is 2.24.